The standard InChI is InChI=1S/C9H16ClNO/c1-7(5-10)6-11-9(12)4-8-2-3-8/h7-8H,2-6H2,1H3,(H,11,12). The van der Waals surface area contributed by atoms with Crippen molar-refractivity contribution in [2.75, 3.05) is 12.4 Å². The predicted octanol–water partition coefficient (Wildman–Crippen LogP) is 1.78. The van der Waals surface area contributed by atoms with Gasteiger partial charge in [0.25, 0.3) is 0 Å². The topological polar surface area (TPSA) is 29.1 Å². The van der Waals surface area contributed by atoms with E-state index in [1.165, 1.54) is 12.8 Å². The van der Waals surface area contributed by atoms with Gasteiger partial charge in [0, 0.05) is 18.8 Å². The minimum absolute atomic E-state index is 0.189. The van der Waals surface area contributed by atoms with Crippen LogP contribution >= 0.6 is 11.6 Å². The van der Waals surface area contributed by atoms with E-state index in [2.05, 4.69) is 5.32 Å². The van der Waals surface area contributed by atoms with E-state index in [1.807, 2.05) is 6.92 Å². The molecule has 0 aromatic rings. The molecule has 0 radical (unpaired) electrons. The largest absolute Gasteiger partial charge is 0.356 e. The first-order valence-electron chi connectivity index (χ1n) is 4.55. The normalized spacial score (nSPS) is 18.8. The third kappa shape index (κ3) is 3.96. The van der Waals surface area contributed by atoms with E-state index in [0.717, 1.165) is 13.0 Å². The number of rotatable bonds is 5. The molecule has 0 aromatic heterocycles. The van der Waals surface area contributed by atoms with Gasteiger partial charge in [-0.3, -0.25) is 4.79 Å². The first kappa shape index (κ1) is 9.85. The van der Waals surface area contributed by atoms with Crippen LogP contribution in [-0.2, 0) is 4.79 Å². The zero-order chi connectivity index (χ0) is 8.97. The van der Waals surface area contributed by atoms with Crippen molar-refractivity contribution >= 4 is 17.5 Å². The third-order valence-electron chi connectivity index (χ3n) is 2.08. The molecule has 0 aliphatic heterocycles. The molecule has 1 rings (SSSR count). The van der Waals surface area contributed by atoms with Crippen LogP contribution in [0.3, 0.4) is 0 Å². The second-order valence-electron chi connectivity index (χ2n) is 3.71. The molecule has 0 heterocycles. The number of carbonyl (C=O) groups excluding carboxylic acids is 1. The van der Waals surface area contributed by atoms with E-state index in [-0.39, 0.29) is 5.91 Å². The molecule has 1 fully saturated rings. The van der Waals surface area contributed by atoms with Crippen LogP contribution < -0.4 is 5.32 Å². The van der Waals surface area contributed by atoms with Crippen molar-refractivity contribution in [1.29, 1.82) is 0 Å². The Bertz CT molecular complexity index is 157. The van der Waals surface area contributed by atoms with Gasteiger partial charge in [-0.2, -0.15) is 0 Å². The Kier molecular flexibility index (Phi) is 3.86. The van der Waals surface area contributed by atoms with Crippen LogP contribution in [0.2, 0.25) is 0 Å². The molecule has 1 unspecified atom stereocenters. The van der Waals surface area contributed by atoms with Crippen molar-refractivity contribution in [3.8, 4) is 0 Å². The number of alkyl halides is 1. The van der Waals surface area contributed by atoms with Gasteiger partial charge >= 0.3 is 0 Å². The smallest absolute Gasteiger partial charge is 0.220 e. The fourth-order valence-electron chi connectivity index (χ4n) is 0.999. The summed E-state index contributed by atoms with van der Waals surface area (Å²) in [4.78, 5) is 11.2. The summed E-state index contributed by atoms with van der Waals surface area (Å²) in [6.07, 6.45) is 3.19. The molecule has 1 atom stereocenters. The van der Waals surface area contributed by atoms with E-state index < -0.39 is 0 Å². The van der Waals surface area contributed by atoms with Crippen LogP contribution in [0.4, 0.5) is 0 Å². The SMILES string of the molecule is CC(CCl)CNC(=O)CC1CC1. The summed E-state index contributed by atoms with van der Waals surface area (Å²) in [5.74, 6) is 1.87. The van der Waals surface area contributed by atoms with Gasteiger partial charge in [-0.05, 0) is 24.7 Å². The van der Waals surface area contributed by atoms with Crippen molar-refractivity contribution in [2.45, 2.75) is 26.2 Å². The highest BCUT2D eigenvalue weighted by Gasteiger charge is 2.24. The van der Waals surface area contributed by atoms with Gasteiger partial charge < -0.3 is 5.32 Å². The molecular formula is C9H16ClNO. The van der Waals surface area contributed by atoms with Gasteiger partial charge in [-0.25, -0.2) is 0 Å². The summed E-state index contributed by atoms with van der Waals surface area (Å²) in [5, 5.41) is 2.88. The Morgan fingerprint density at radius 3 is 2.83 bits per heavy atom. The highest BCUT2D eigenvalue weighted by atomic mass is 35.5. The monoisotopic (exact) mass is 189 g/mol. The summed E-state index contributed by atoms with van der Waals surface area (Å²) in [5.41, 5.74) is 0. The van der Waals surface area contributed by atoms with Gasteiger partial charge in [0.05, 0.1) is 0 Å². The van der Waals surface area contributed by atoms with Crippen molar-refractivity contribution in [2.24, 2.45) is 11.8 Å². The Hall–Kier alpha value is -0.240. The fourth-order valence-corrected chi connectivity index (χ4v) is 1.11. The molecule has 1 saturated carbocycles. The van der Waals surface area contributed by atoms with Crippen molar-refractivity contribution in [3.63, 3.8) is 0 Å². The third-order valence-corrected chi connectivity index (χ3v) is 2.61. The summed E-state index contributed by atoms with van der Waals surface area (Å²) in [6.45, 7) is 2.75. The maximum atomic E-state index is 11.2. The quantitative estimate of drug-likeness (QED) is 0.657. The van der Waals surface area contributed by atoms with Gasteiger partial charge in [0.2, 0.25) is 5.91 Å². The van der Waals surface area contributed by atoms with Crippen molar-refractivity contribution in [3.05, 3.63) is 0 Å². The second-order valence-corrected chi connectivity index (χ2v) is 4.02. The zero-order valence-corrected chi connectivity index (χ0v) is 8.23. The van der Waals surface area contributed by atoms with E-state index in [9.17, 15) is 4.79 Å². The number of hydrogen-bond acceptors (Lipinski definition) is 1. The predicted molar refractivity (Wildman–Crippen MR) is 50.2 cm³/mol. The Labute approximate surface area is 78.7 Å². The second kappa shape index (κ2) is 4.70. The van der Waals surface area contributed by atoms with E-state index in [4.69, 9.17) is 11.6 Å². The first-order valence-corrected chi connectivity index (χ1v) is 5.08. The molecular weight excluding hydrogens is 174 g/mol. The highest BCUT2D eigenvalue weighted by molar-refractivity contribution is 6.18. The molecule has 1 N–H and O–H groups in total. The fraction of sp³-hybridized carbons (Fsp3) is 0.889. The lowest BCUT2D eigenvalue weighted by atomic mass is 10.2. The zero-order valence-electron chi connectivity index (χ0n) is 7.48. The minimum Gasteiger partial charge on any atom is -0.356 e. The Morgan fingerprint density at radius 1 is 1.67 bits per heavy atom. The molecule has 1 aliphatic rings. The Morgan fingerprint density at radius 2 is 2.33 bits per heavy atom. The summed E-state index contributed by atoms with van der Waals surface area (Å²) in [6, 6.07) is 0. The average molecular weight is 190 g/mol. The molecule has 0 saturated heterocycles. The minimum atomic E-state index is 0.189. The summed E-state index contributed by atoms with van der Waals surface area (Å²) in [7, 11) is 0. The van der Waals surface area contributed by atoms with Crippen LogP contribution in [0.5, 0.6) is 0 Å². The maximum Gasteiger partial charge on any atom is 0.220 e. The molecule has 0 spiro atoms. The molecule has 1 amide bonds. The molecule has 0 bridgehead atoms. The summed E-state index contributed by atoms with van der Waals surface area (Å²) < 4.78 is 0. The first-order chi connectivity index (χ1) is 5.72. The molecule has 0 aromatic carbocycles. The lowest BCUT2D eigenvalue weighted by Gasteiger charge is -2.08. The van der Waals surface area contributed by atoms with Crippen molar-refractivity contribution in [1.82, 2.24) is 5.32 Å². The highest BCUT2D eigenvalue weighted by Crippen LogP contribution is 2.31. The van der Waals surface area contributed by atoms with Gasteiger partial charge in [-0.15, -0.1) is 11.6 Å². The van der Waals surface area contributed by atoms with Crippen LogP contribution in [0, 0.1) is 11.8 Å². The van der Waals surface area contributed by atoms with Crippen LogP contribution in [-0.4, -0.2) is 18.3 Å². The lowest BCUT2D eigenvalue weighted by molar-refractivity contribution is -0.121. The summed E-state index contributed by atoms with van der Waals surface area (Å²) >= 11 is 5.60. The van der Waals surface area contributed by atoms with Crippen LogP contribution in [0.25, 0.3) is 0 Å². The van der Waals surface area contributed by atoms with E-state index >= 15 is 0 Å². The average Bonchev–Trinajstić information content (AvgIpc) is 2.84. The molecule has 12 heavy (non-hydrogen) atoms. The Balaban J connectivity index is 2.00. The lowest BCUT2D eigenvalue weighted by Crippen LogP contribution is -2.28. The molecule has 70 valence electrons. The van der Waals surface area contributed by atoms with E-state index in [1.54, 1.807) is 0 Å². The van der Waals surface area contributed by atoms with Gasteiger partial charge in [0.1, 0.15) is 0 Å². The molecule has 1 aliphatic carbocycles. The number of nitrogens with one attached hydrogen (secondary N) is 1. The number of carbonyl (C=O) groups is 1. The number of hydrogen-bond donors (Lipinski definition) is 1. The van der Waals surface area contributed by atoms with Crippen LogP contribution in [0.1, 0.15) is 26.2 Å². The maximum absolute atomic E-state index is 11.2. The van der Waals surface area contributed by atoms with Crippen molar-refractivity contribution < 1.29 is 4.79 Å². The van der Waals surface area contributed by atoms with Gasteiger partial charge in [-0.1, -0.05) is 6.92 Å². The van der Waals surface area contributed by atoms with Crippen LogP contribution in [0.15, 0.2) is 0 Å². The van der Waals surface area contributed by atoms with E-state index in [0.29, 0.717) is 17.7 Å². The number of amides is 1. The molecule has 2 nitrogen and oxygen atoms in total. The number of halogens is 1. The molecule has 3 heteroatoms. The van der Waals surface area contributed by atoms with Gasteiger partial charge in [0.15, 0.2) is 0 Å².